The molecule has 0 aliphatic heterocycles. The summed E-state index contributed by atoms with van der Waals surface area (Å²) in [5.41, 5.74) is 3.66. The van der Waals surface area contributed by atoms with Crippen molar-refractivity contribution in [1.82, 2.24) is 9.55 Å². The van der Waals surface area contributed by atoms with Crippen molar-refractivity contribution in [3.63, 3.8) is 0 Å². The first-order valence-electron chi connectivity index (χ1n) is 11.3. The van der Waals surface area contributed by atoms with Gasteiger partial charge in [0.1, 0.15) is 0 Å². The Bertz CT molecular complexity index is 778. The van der Waals surface area contributed by atoms with Gasteiger partial charge in [0, 0.05) is 18.9 Å². The van der Waals surface area contributed by atoms with E-state index in [1.165, 1.54) is 32.1 Å². The highest BCUT2D eigenvalue weighted by atomic mass is 16.3. The number of aromatic nitrogens is 2. The third-order valence-electron chi connectivity index (χ3n) is 8.08. The topological polar surface area (TPSA) is 58.3 Å². The summed E-state index contributed by atoms with van der Waals surface area (Å²) in [6.07, 6.45) is 16.7. The van der Waals surface area contributed by atoms with Crippen LogP contribution in [0.3, 0.4) is 0 Å². The van der Waals surface area contributed by atoms with Crippen LogP contribution < -0.4 is 0 Å². The number of nitrogens with zero attached hydrogens (tertiary/aromatic N) is 2. The number of rotatable bonds is 4. The second kappa shape index (κ2) is 8.23. The maximum Gasteiger partial charge on any atom is 0.0945 e. The SMILES string of the molecule is C=C1[C@H](O)C/C(=C/C=C2\CCC[C@@]3(C)C2CCC3[C@@H](C)Cn2ccnc2)C[C@@H]1O. The summed E-state index contributed by atoms with van der Waals surface area (Å²) in [6, 6.07) is 0. The molecular formula is C25H36N2O2. The number of imidazole rings is 1. The first-order chi connectivity index (χ1) is 13.9. The zero-order chi connectivity index (χ0) is 20.6. The lowest BCUT2D eigenvalue weighted by Crippen LogP contribution is -2.36. The first kappa shape index (κ1) is 20.6. The lowest BCUT2D eigenvalue weighted by molar-refractivity contribution is 0.0908. The Labute approximate surface area is 175 Å². The van der Waals surface area contributed by atoms with E-state index in [9.17, 15) is 10.2 Å². The Morgan fingerprint density at radius 2 is 2.03 bits per heavy atom. The van der Waals surface area contributed by atoms with Gasteiger partial charge < -0.3 is 14.8 Å². The molecule has 0 bridgehead atoms. The highest BCUT2D eigenvalue weighted by Crippen LogP contribution is 2.59. The molecule has 2 N–H and O–H groups in total. The van der Waals surface area contributed by atoms with Gasteiger partial charge in [-0.2, -0.15) is 0 Å². The van der Waals surface area contributed by atoms with Crippen LogP contribution in [0.2, 0.25) is 0 Å². The lowest BCUT2D eigenvalue weighted by atomic mass is 9.61. The minimum atomic E-state index is -0.611. The molecule has 0 amide bonds. The number of allylic oxidation sites excluding steroid dienone is 3. The average Bonchev–Trinajstić information content (AvgIpc) is 3.31. The summed E-state index contributed by atoms with van der Waals surface area (Å²) in [5, 5.41) is 20.2. The monoisotopic (exact) mass is 396 g/mol. The van der Waals surface area contributed by atoms with Gasteiger partial charge in [-0.15, -0.1) is 0 Å². The molecule has 3 fully saturated rings. The fraction of sp³-hybridized carbons (Fsp3) is 0.640. The fourth-order valence-corrected chi connectivity index (χ4v) is 6.49. The Morgan fingerprint density at radius 3 is 2.72 bits per heavy atom. The van der Waals surface area contributed by atoms with Crippen LogP contribution in [-0.4, -0.2) is 32.0 Å². The van der Waals surface area contributed by atoms with Gasteiger partial charge in [-0.25, -0.2) is 4.98 Å². The molecular weight excluding hydrogens is 360 g/mol. The molecule has 3 aliphatic rings. The Morgan fingerprint density at radius 1 is 1.28 bits per heavy atom. The van der Waals surface area contributed by atoms with Crippen LogP contribution in [0, 0.1) is 23.2 Å². The van der Waals surface area contributed by atoms with Crippen molar-refractivity contribution in [2.75, 3.05) is 0 Å². The van der Waals surface area contributed by atoms with Gasteiger partial charge in [-0.05, 0) is 73.7 Å². The van der Waals surface area contributed by atoms with Gasteiger partial charge in [-0.3, -0.25) is 0 Å². The molecule has 2 unspecified atom stereocenters. The van der Waals surface area contributed by atoms with Gasteiger partial charge in [0.05, 0.1) is 18.5 Å². The predicted molar refractivity (Wildman–Crippen MR) is 116 cm³/mol. The quantitative estimate of drug-likeness (QED) is 0.728. The predicted octanol–water partition coefficient (Wildman–Crippen LogP) is 4.66. The molecule has 0 aromatic carbocycles. The van der Waals surface area contributed by atoms with Crippen molar-refractivity contribution in [3.8, 4) is 0 Å². The molecule has 3 aliphatic carbocycles. The summed E-state index contributed by atoms with van der Waals surface area (Å²) in [6.45, 7) is 9.81. The van der Waals surface area contributed by atoms with E-state index in [0.29, 0.717) is 35.7 Å². The Hall–Kier alpha value is -1.65. The highest BCUT2D eigenvalue weighted by molar-refractivity contribution is 5.29. The van der Waals surface area contributed by atoms with Crippen LogP contribution in [0.25, 0.3) is 0 Å². The standard InChI is InChI=1S/C25H36N2O2/c1-17(15-27-12-11-26-16-27)21-8-9-22-20(5-4-10-25(21,22)3)7-6-19-13-23(28)18(2)24(29)14-19/h6-7,11-12,16-17,21-24,28-29H,2,4-5,8-10,13-15H2,1,3H3/b19-6-,20-7+/t17-,21?,22?,23+,24-,25+/m0/s1. The summed E-state index contributed by atoms with van der Waals surface area (Å²) >= 11 is 0. The summed E-state index contributed by atoms with van der Waals surface area (Å²) < 4.78 is 2.22. The molecule has 4 rings (SSSR count). The molecule has 1 aromatic heterocycles. The molecule has 1 heterocycles. The van der Waals surface area contributed by atoms with E-state index in [1.54, 1.807) is 5.57 Å². The number of hydrogen-bond donors (Lipinski definition) is 2. The van der Waals surface area contributed by atoms with E-state index >= 15 is 0 Å². The van der Waals surface area contributed by atoms with E-state index in [4.69, 9.17) is 0 Å². The van der Waals surface area contributed by atoms with E-state index < -0.39 is 12.2 Å². The number of fused-ring (bicyclic) bond motifs is 1. The first-order valence-corrected chi connectivity index (χ1v) is 11.3. The van der Waals surface area contributed by atoms with Crippen LogP contribution in [-0.2, 0) is 6.54 Å². The largest absolute Gasteiger partial charge is 0.388 e. The summed E-state index contributed by atoms with van der Waals surface area (Å²) in [4.78, 5) is 4.20. The Kier molecular flexibility index (Phi) is 5.85. The van der Waals surface area contributed by atoms with Crippen molar-refractivity contribution < 1.29 is 10.2 Å². The lowest BCUT2D eigenvalue weighted by Gasteiger charge is -2.44. The number of aliphatic hydroxyl groups excluding tert-OH is 2. The maximum atomic E-state index is 10.1. The van der Waals surface area contributed by atoms with Gasteiger partial charge >= 0.3 is 0 Å². The maximum absolute atomic E-state index is 10.1. The number of aliphatic hydroxyl groups is 2. The normalized spacial score (nSPS) is 39.1. The molecule has 0 spiro atoms. The zero-order valence-electron chi connectivity index (χ0n) is 17.9. The molecule has 158 valence electrons. The van der Waals surface area contributed by atoms with E-state index in [1.807, 2.05) is 12.5 Å². The van der Waals surface area contributed by atoms with Gasteiger partial charge in [-0.1, -0.05) is 43.7 Å². The van der Waals surface area contributed by atoms with Crippen LogP contribution in [0.5, 0.6) is 0 Å². The van der Waals surface area contributed by atoms with E-state index in [0.717, 1.165) is 18.0 Å². The van der Waals surface area contributed by atoms with Gasteiger partial charge in [0.15, 0.2) is 0 Å². The smallest absolute Gasteiger partial charge is 0.0945 e. The molecule has 4 heteroatoms. The van der Waals surface area contributed by atoms with Gasteiger partial charge in [0.25, 0.3) is 0 Å². The van der Waals surface area contributed by atoms with E-state index in [2.05, 4.69) is 48.3 Å². The van der Waals surface area contributed by atoms with E-state index in [-0.39, 0.29) is 0 Å². The fourth-order valence-electron chi connectivity index (χ4n) is 6.49. The van der Waals surface area contributed by atoms with Crippen molar-refractivity contribution in [2.24, 2.45) is 23.2 Å². The summed E-state index contributed by atoms with van der Waals surface area (Å²) in [7, 11) is 0. The average molecular weight is 397 g/mol. The van der Waals surface area contributed by atoms with Crippen molar-refractivity contribution in [2.45, 2.75) is 77.5 Å². The summed E-state index contributed by atoms with van der Waals surface area (Å²) in [5.74, 6) is 2.05. The minimum absolute atomic E-state index is 0.377. The third kappa shape index (κ3) is 4.02. The minimum Gasteiger partial charge on any atom is -0.388 e. The van der Waals surface area contributed by atoms with Crippen LogP contribution in [0.1, 0.15) is 58.8 Å². The van der Waals surface area contributed by atoms with Crippen LogP contribution in [0.15, 0.2) is 54.2 Å². The second-order valence-corrected chi connectivity index (χ2v) is 9.91. The third-order valence-corrected chi connectivity index (χ3v) is 8.08. The molecule has 29 heavy (non-hydrogen) atoms. The van der Waals surface area contributed by atoms with Crippen molar-refractivity contribution in [3.05, 3.63) is 54.2 Å². The molecule has 6 atom stereocenters. The molecule has 0 radical (unpaired) electrons. The molecule has 3 saturated carbocycles. The van der Waals surface area contributed by atoms with Crippen LogP contribution in [0.4, 0.5) is 0 Å². The highest BCUT2D eigenvalue weighted by Gasteiger charge is 2.50. The van der Waals surface area contributed by atoms with Crippen LogP contribution >= 0.6 is 0 Å². The zero-order valence-corrected chi connectivity index (χ0v) is 17.9. The molecule has 4 nitrogen and oxygen atoms in total. The Balaban J connectivity index is 1.49. The molecule has 0 saturated heterocycles. The van der Waals surface area contributed by atoms with Crippen molar-refractivity contribution >= 4 is 0 Å². The molecule has 1 aromatic rings. The second-order valence-electron chi connectivity index (χ2n) is 9.91. The number of hydrogen-bond acceptors (Lipinski definition) is 3. The van der Waals surface area contributed by atoms with Gasteiger partial charge in [0.2, 0.25) is 0 Å². The van der Waals surface area contributed by atoms with Crippen molar-refractivity contribution in [1.29, 1.82) is 0 Å².